The van der Waals surface area contributed by atoms with Gasteiger partial charge in [0, 0.05) is 0 Å². The summed E-state index contributed by atoms with van der Waals surface area (Å²) in [5.74, 6) is 0. The Morgan fingerprint density at radius 3 is 2.50 bits per heavy atom. The van der Waals surface area contributed by atoms with Crippen molar-refractivity contribution >= 4 is 8.19 Å². The number of hydrogen-bond acceptors (Lipinski definition) is 0. The normalized spacial score (nSPS) is 9.25. The summed E-state index contributed by atoms with van der Waals surface area (Å²) in [6.45, 7) is 4.29. The maximum atomic E-state index is 2.16. The Hall–Kier alpha value is 0.650. The second-order valence-corrected chi connectivity index (χ2v) is 3.36. The van der Waals surface area contributed by atoms with Gasteiger partial charge in [-0.25, -0.2) is 14.3 Å². The standard InChI is InChI=1S/C6H8P.Sc.2H/c1-5-3-4-6(2)7-5;;;/h3-4H,1-2H3;;;/q-1;+3;2*-1. The smallest absolute Gasteiger partial charge is 1.00 e. The van der Waals surface area contributed by atoms with Crippen molar-refractivity contribution in [2.24, 2.45) is 0 Å². The van der Waals surface area contributed by atoms with Crippen LogP contribution in [0.2, 0.25) is 0 Å². The van der Waals surface area contributed by atoms with Crippen LogP contribution < -0.4 is 0 Å². The van der Waals surface area contributed by atoms with Crippen LogP contribution in [-0.4, -0.2) is 0 Å². The van der Waals surface area contributed by atoms with E-state index in [1.807, 2.05) is 0 Å². The molecular weight excluding hydrogens is 148 g/mol. The van der Waals surface area contributed by atoms with Crippen LogP contribution in [0.4, 0.5) is 0 Å². The average molecular weight is 158 g/mol. The van der Waals surface area contributed by atoms with Crippen molar-refractivity contribution in [2.75, 3.05) is 0 Å². The second kappa shape index (κ2) is 3.63. The molecule has 8 heavy (non-hydrogen) atoms. The summed E-state index contributed by atoms with van der Waals surface area (Å²) < 4.78 is 0. The first-order valence-corrected chi connectivity index (χ1v) is 3.25. The minimum atomic E-state index is 0. The zero-order valence-corrected chi connectivity index (χ0v) is 7.88. The maximum absolute atomic E-state index is 2.16. The van der Waals surface area contributed by atoms with Crippen molar-refractivity contribution in [3.8, 4) is 0 Å². The summed E-state index contributed by atoms with van der Waals surface area (Å²) >= 11 is 0. The van der Waals surface area contributed by atoms with Crippen molar-refractivity contribution in [3.05, 3.63) is 22.7 Å². The predicted octanol–water partition coefficient (Wildman–Crippen LogP) is 2.82. The minimum absolute atomic E-state index is 0. The SMILES string of the molecule is Cc1cc[c-](C)p1.[H-].[H-].[Sc+3]. The fourth-order valence-corrected chi connectivity index (χ4v) is 1.45. The first kappa shape index (κ1) is 8.65. The van der Waals surface area contributed by atoms with Gasteiger partial charge in [-0.1, -0.05) is 13.8 Å². The molecule has 42 valence electrons. The summed E-state index contributed by atoms with van der Waals surface area (Å²) in [4.78, 5) is 0. The van der Waals surface area contributed by atoms with Crippen molar-refractivity contribution in [1.29, 1.82) is 0 Å². The Labute approximate surface area is 73.5 Å². The molecule has 0 N–H and O–H groups in total. The third-order valence-electron chi connectivity index (χ3n) is 0.918. The molecule has 0 aliphatic carbocycles. The van der Waals surface area contributed by atoms with E-state index in [0.717, 1.165) is 0 Å². The van der Waals surface area contributed by atoms with Gasteiger partial charge in [-0.3, -0.25) is 0 Å². The van der Waals surface area contributed by atoms with E-state index in [-0.39, 0.29) is 28.7 Å². The van der Waals surface area contributed by atoms with E-state index in [2.05, 4.69) is 26.0 Å². The number of aryl methyl sites for hydroxylation is 2. The van der Waals surface area contributed by atoms with Gasteiger partial charge in [-0.15, -0.1) is 5.30 Å². The van der Waals surface area contributed by atoms with Crippen LogP contribution in [0.1, 0.15) is 13.4 Å². The molecule has 1 rings (SSSR count). The van der Waals surface area contributed by atoms with Crippen LogP contribution in [0.15, 0.2) is 12.1 Å². The third-order valence-corrected chi connectivity index (χ3v) is 1.92. The molecule has 0 aliphatic heterocycles. The van der Waals surface area contributed by atoms with E-state index in [4.69, 9.17) is 0 Å². The molecule has 0 aliphatic rings. The van der Waals surface area contributed by atoms with Gasteiger partial charge in [0.25, 0.3) is 0 Å². The predicted molar refractivity (Wildman–Crippen MR) is 36.2 cm³/mol. The van der Waals surface area contributed by atoms with E-state index in [9.17, 15) is 0 Å². The molecule has 0 saturated heterocycles. The molecular formula is C6H10PSc. The largest absolute Gasteiger partial charge is 3.00 e. The van der Waals surface area contributed by atoms with Crippen molar-refractivity contribution in [2.45, 2.75) is 13.8 Å². The monoisotopic (exact) mass is 158 g/mol. The van der Waals surface area contributed by atoms with Crippen LogP contribution in [0, 0.1) is 13.8 Å². The molecule has 2 heteroatoms. The fourth-order valence-electron chi connectivity index (χ4n) is 0.594. The van der Waals surface area contributed by atoms with Crippen molar-refractivity contribution in [1.82, 2.24) is 0 Å². The molecule has 0 aromatic carbocycles. The Kier molecular flexibility index (Phi) is 3.93. The first-order valence-electron chi connectivity index (χ1n) is 2.36. The Morgan fingerprint density at radius 1 is 1.75 bits per heavy atom. The van der Waals surface area contributed by atoms with E-state index in [1.54, 1.807) is 0 Å². The number of hydrogen-bond donors (Lipinski definition) is 0. The molecule has 1 aromatic rings. The van der Waals surface area contributed by atoms with Gasteiger partial charge in [0.2, 0.25) is 0 Å². The Bertz CT molecular complexity index is 148. The summed E-state index contributed by atoms with van der Waals surface area (Å²) in [6.07, 6.45) is 0. The van der Waals surface area contributed by atoms with Crippen LogP contribution in [0.3, 0.4) is 0 Å². The maximum Gasteiger partial charge on any atom is 3.00 e. The molecule has 0 radical (unpaired) electrons. The van der Waals surface area contributed by atoms with Gasteiger partial charge in [-0.05, 0) is 0 Å². The van der Waals surface area contributed by atoms with Gasteiger partial charge < -0.3 is 2.85 Å². The average Bonchev–Trinajstić information content (AvgIpc) is 1.87. The van der Waals surface area contributed by atoms with Gasteiger partial charge >= 0.3 is 25.8 Å². The van der Waals surface area contributed by atoms with Crippen LogP contribution in [-0.2, 0) is 25.8 Å². The molecule has 0 fully saturated rings. The Morgan fingerprint density at radius 2 is 2.38 bits per heavy atom. The van der Waals surface area contributed by atoms with Gasteiger partial charge in [0.05, 0.1) is 0 Å². The van der Waals surface area contributed by atoms with Crippen molar-refractivity contribution in [3.63, 3.8) is 0 Å². The molecule has 0 spiro atoms. The summed E-state index contributed by atoms with van der Waals surface area (Å²) in [5, 5.41) is 2.91. The van der Waals surface area contributed by atoms with Crippen LogP contribution >= 0.6 is 8.19 Å². The fraction of sp³-hybridized carbons (Fsp3) is 0.333. The molecule has 0 atom stereocenters. The van der Waals surface area contributed by atoms with Gasteiger partial charge in [0.1, 0.15) is 0 Å². The quantitative estimate of drug-likeness (QED) is 0.509. The zero-order chi connectivity index (χ0) is 5.28. The molecule has 0 saturated carbocycles. The van der Waals surface area contributed by atoms with E-state index in [0.29, 0.717) is 0 Å². The molecule has 0 nitrogen and oxygen atoms in total. The molecule has 0 amide bonds. The molecule has 0 bridgehead atoms. The third kappa shape index (κ3) is 2.28. The van der Waals surface area contributed by atoms with Crippen LogP contribution in [0.5, 0.6) is 0 Å². The Balaban J connectivity index is -0.000000163. The molecule has 1 heterocycles. The van der Waals surface area contributed by atoms with Gasteiger partial charge in [-0.2, -0.15) is 11.4 Å². The molecule has 0 unspecified atom stereocenters. The van der Waals surface area contributed by atoms with Crippen molar-refractivity contribution < 1.29 is 28.7 Å². The van der Waals surface area contributed by atoms with E-state index in [1.165, 1.54) is 18.8 Å². The summed E-state index contributed by atoms with van der Waals surface area (Å²) in [7, 11) is 1.41. The summed E-state index contributed by atoms with van der Waals surface area (Å²) in [5.41, 5.74) is 0. The van der Waals surface area contributed by atoms with E-state index >= 15 is 0 Å². The van der Waals surface area contributed by atoms with E-state index < -0.39 is 0 Å². The topological polar surface area (TPSA) is 0 Å². The minimum Gasteiger partial charge on any atom is -1.00 e. The molecule has 1 aromatic heterocycles. The second-order valence-electron chi connectivity index (χ2n) is 1.73. The number of rotatable bonds is 0. The van der Waals surface area contributed by atoms with Crippen LogP contribution in [0.25, 0.3) is 0 Å². The van der Waals surface area contributed by atoms with Gasteiger partial charge in [0.15, 0.2) is 0 Å². The first-order chi connectivity index (χ1) is 3.29. The summed E-state index contributed by atoms with van der Waals surface area (Å²) in [6, 6.07) is 4.33. The zero-order valence-electron chi connectivity index (χ0n) is 7.18.